The molecule has 0 spiro atoms. The zero-order valence-electron chi connectivity index (χ0n) is 16.4. The Morgan fingerprint density at radius 1 is 1.14 bits per heavy atom. The molecule has 6 nitrogen and oxygen atoms in total. The Morgan fingerprint density at radius 2 is 1.89 bits per heavy atom. The van der Waals surface area contributed by atoms with Crippen molar-refractivity contribution in [1.29, 1.82) is 0 Å². The maximum atomic E-state index is 11.5. The molecule has 2 saturated heterocycles. The number of ether oxygens (including phenoxy) is 1. The first kappa shape index (κ1) is 18.9. The molecule has 1 unspecified atom stereocenters. The zero-order chi connectivity index (χ0) is 19.5. The van der Waals surface area contributed by atoms with Gasteiger partial charge in [0.15, 0.2) is 0 Å². The average molecular weight is 380 g/mol. The minimum absolute atomic E-state index is 0.291. The topological polar surface area (TPSA) is 71.7 Å². The van der Waals surface area contributed by atoms with E-state index in [4.69, 9.17) is 10.5 Å². The molecule has 6 heteroatoms. The summed E-state index contributed by atoms with van der Waals surface area (Å²) in [4.78, 5) is 21.0. The molecule has 2 aliphatic heterocycles. The highest BCUT2D eigenvalue weighted by Crippen LogP contribution is 2.33. The van der Waals surface area contributed by atoms with Gasteiger partial charge in [0.1, 0.15) is 0 Å². The van der Waals surface area contributed by atoms with Crippen molar-refractivity contribution in [1.82, 2.24) is 9.88 Å². The lowest BCUT2D eigenvalue weighted by Gasteiger charge is -2.29. The summed E-state index contributed by atoms with van der Waals surface area (Å²) < 4.78 is 5.44. The number of rotatable bonds is 5. The molecule has 28 heavy (non-hydrogen) atoms. The van der Waals surface area contributed by atoms with Crippen molar-refractivity contribution in [2.45, 2.75) is 32.4 Å². The van der Waals surface area contributed by atoms with Crippen molar-refractivity contribution in [2.24, 2.45) is 5.73 Å². The van der Waals surface area contributed by atoms with Crippen molar-refractivity contribution in [3.05, 3.63) is 58.9 Å². The fraction of sp³-hybridized carbons (Fsp3) is 0.455. The molecular formula is C22H28N4O2. The third kappa shape index (κ3) is 4.03. The summed E-state index contributed by atoms with van der Waals surface area (Å²) in [6.45, 7) is 7.35. The maximum Gasteiger partial charge on any atom is 0.250 e. The standard InChI is InChI=1S/C22H28N4O2/c1-16-19(22(23)27)8-9-20(24-16)21-3-2-10-26(21)15-17-4-6-18(7-5-17)25-11-13-28-14-12-25/h4-9,21H,2-3,10-15H2,1H3,(H2,23,27). The van der Waals surface area contributed by atoms with Crippen LogP contribution in [0.5, 0.6) is 0 Å². The number of pyridine rings is 1. The molecule has 0 aliphatic carbocycles. The maximum absolute atomic E-state index is 11.5. The second-order valence-corrected chi connectivity index (χ2v) is 7.63. The first-order valence-electron chi connectivity index (χ1n) is 10.0. The summed E-state index contributed by atoms with van der Waals surface area (Å²) >= 11 is 0. The number of carbonyl (C=O) groups is 1. The summed E-state index contributed by atoms with van der Waals surface area (Å²) in [6, 6.07) is 13.0. The van der Waals surface area contributed by atoms with E-state index in [1.54, 1.807) is 0 Å². The molecule has 3 heterocycles. The molecule has 4 rings (SSSR count). The SMILES string of the molecule is Cc1nc(C2CCCN2Cc2ccc(N3CCOCC3)cc2)ccc1C(N)=O. The monoisotopic (exact) mass is 380 g/mol. The molecule has 1 amide bonds. The predicted octanol–water partition coefficient (Wildman–Crippen LogP) is 2.66. The van der Waals surface area contributed by atoms with Crippen LogP contribution in [-0.2, 0) is 11.3 Å². The number of nitrogens with zero attached hydrogens (tertiary/aromatic N) is 3. The van der Waals surface area contributed by atoms with Crippen LogP contribution < -0.4 is 10.6 Å². The summed E-state index contributed by atoms with van der Waals surface area (Å²) in [5, 5.41) is 0. The normalized spacial score (nSPS) is 20.5. The first-order valence-corrected chi connectivity index (χ1v) is 10.0. The number of benzene rings is 1. The van der Waals surface area contributed by atoms with E-state index in [9.17, 15) is 4.79 Å². The fourth-order valence-corrected chi connectivity index (χ4v) is 4.25. The average Bonchev–Trinajstić information content (AvgIpc) is 3.17. The molecule has 1 aromatic heterocycles. The lowest BCUT2D eigenvalue weighted by molar-refractivity contribution is 0.0999. The molecule has 2 fully saturated rings. The second kappa shape index (κ2) is 8.29. The van der Waals surface area contributed by atoms with E-state index in [0.29, 0.717) is 17.3 Å². The summed E-state index contributed by atoms with van der Waals surface area (Å²) in [7, 11) is 0. The molecule has 1 atom stereocenters. The van der Waals surface area contributed by atoms with Gasteiger partial charge in [-0.25, -0.2) is 0 Å². The van der Waals surface area contributed by atoms with Crippen molar-refractivity contribution in [3.8, 4) is 0 Å². The number of morpholine rings is 1. The Bertz CT molecular complexity index is 831. The molecule has 148 valence electrons. The van der Waals surface area contributed by atoms with Gasteiger partial charge in [0.2, 0.25) is 0 Å². The lowest BCUT2D eigenvalue weighted by Crippen LogP contribution is -2.36. The van der Waals surface area contributed by atoms with Gasteiger partial charge >= 0.3 is 0 Å². The highest BCUT2D eigenvalue weighted by atomic mass is 16.5. The van der Waals surface area contributed by atoms with E-state index in [0.717, 1.165) is 57.9 Å². The van der Waals surface area contributed by atoms with Gasteiger partial charge in [0.25, 0.3) is 5.91 Å². The van der Waals surface area contributed by atoms with Crippen molar-refractivity contribution < 1.29 is 9.53 Å². The third-order valence-corrected chi connectivity index (χ3v) is 5.78. The lowest BCUT2D eigenvalue weighted by atomic mass is 10.1. The number of primary amides is 1. The van der Waals surface area contributed by atoms with Crippen LogP contribution in [0, 0.1) is 6.92 Å². The van der Waals surface area contributed by atoms with Crippen LogP contribution >= 0.6 is 0 Å². The van der Waals surface area contributed by atoms with Gasteiger partial charge in [0.05, 0.1) is 36.2 Å². The molecule has 0 bridgehead atoms. The van der Waals surface area contributed by atoms with Crippen molar-refractivity contribution in [2.75, 3.05) is 37.7 Å². The summed E-state index contributed by atoms with van der Waals surface area (Å²) in [5.74, 6) is -0.416. The number of likely N-dealkylation sites (tertiary alicyclic amines) is 1. The second-order valence-electron chi connectivity index (χ2n) is 7.63. The Balaban J connectivity index is 1.45. The summed E-state index contributed by atoms with van der Waals surface area (Å²) in [6.07, 6.45) is 2.25. The highest BCUT2D eigenvalue weighted by molar-refractivity contribution is 5.93. The Kier molecular flexibility index (Phi) is 5.59. The van der Waals surface area contributed by atoms with Crippen LogP contribution in [0.4, 0.5) is 5.69 Å². The fourth-order valence-electron chi connectivity index (χ4n) is 4.25. The van der Waals surface area contributed by atoms with Gasteiger partial charge in [-0.15, -0.1) is 0 Å². The number of aryl methyl sites for hydroxylation is 1. The van der Waals surface area contributed by atoms with Gasteiger partial charge in [-0.2, -0.15) is 0 Å². The number of nitrogens with two attached hydrogens (primary N) is 1. The number of carbonyl (C=O) groups excluding carboxylic acids is 1. The number of hydrogen-bond acceptors (Lipinski definition) is 5. The number of anilines is 1. The van der Waals surface area contributed by atoms with Crippen LogP contribution in [0.25, 0.3) is 0 Å². The molecule has 0 radical (unpaired) electrons. The van der Waals surface area contributed by atoms with Crippen LogP contribution in [0.15, 0.2) is 36.4 Å². The van der Waals surface area contributed by atoms with E-state index in [1.807, 2.05) is 19.1 Å². The number of amides is 1. The minimum atomic E-state index is -0.416. The largest absolute Gasteiger partial charge is 0.378 e. The van der Waals surface area contributed by atoms with Crippen LogP contribution in [0.3, 0.4) is 0 Å². The molecule has 2 aromatic rings. The van der Waals surface area contributed by atoms with Gasteiger partial charge in [-0.3, -0.25) is 14.7 Å². The van der Waals surface area contributed by atoms with Gasteiger partial charge < -0.3 is 15.4 Å². The van der Waals surface area contributed by atoms with Crippen LogP contribution in [-0.4, -0.2) is 48.6 Å². The number of hydrogen-bond donors (Lipinski definition) is 1. The van der Waals surface area contributed by atoms with E-state index >= 15 is 0 Å². The highest BCUT2D eigenvalue weighted by Gasteiger charge is 2.27. The molecule has 1 aromatic carbocycles. The van der Waals surface area contributed by atoms with Gasteiger partial charge in [-0.1, -0.05) is 12.1 Å². The van der Waals surface area contributed by atoms with Crippen molar-refractivity contribution >= 4 is 11.6 Å². The van der Waals surface area contributed by atoms with E-state index in [1.165, 1.54) is 11.3 Å². The molecular weight excluding hydrogens is 352 g/mol. The molecule has 2 N–H and O–H groups in total. The predicted molar refractivity (Wildman–Crippen MR) is 109 cm³/mol. The minimum Gasteiger partial charge on any atom is -0.378 e. The van der Waals surface area contributed by atoms with Crippen LogP contribution in [0.2, 0.25) is 0 Å². The first-order chi connectivity index (χ1) is 13.6. The molecule has 0 saturated carbocycles. The zero-order valence-corrected chi connectivity index (χ0v) is 16.4. The van der Waals surface area contributed by atoms with Crippen LogP contribution in [0.1, 0.15) is 46.2 Å². The van der Waals surface area contributed by atoms with E-state index in [-0.39, 0.29) is 0 Å². The number of aromatic nitrogens is 1. The smallest absolute Gasteiger partial charge is 0.250 e. The molecule has 2 aliphatic rings. The van der Waals surface area contributed by atoms with Gasteiger partial charge in [-0.05, 0) is 56.1 Å². The van der Waals surface area contributed by atoms with Gasteiger partial charge in [0, 0.05) is 25.3 Å². The third-order valence-electron chi connectivity index (χ3n) is 5.78. The summed E-state index contributed by atoms with van der Waals surface area (Å²) in [5.41, 5.74) is 10.2. The van der Waals surface area contributed by atoms with E-state index < -0.39 is 5.91 Å². The Labute approximate surface area is 166 Å². The van der Waals surface area contributed by atoms with E-state index in [2.05, 4.69) is 39.0 Å². The quantitative estimate of drug-likeness (QED) is 0.863. The Hall–Kier alpha value is -2.44. The Morgan fingerprint density at radius 3 is 2.57 bits per heavy atom. The van der Waals surface area contributed by atoms with Crippen molar-refractivity contribution in [3.63, 3.8) is 0 Å².